The first-order valence-corrected chi connectivity index (χ1v) is 7.23. The summed E-state index contributed by atoms with van der Waals surface area (Å²) in [5, 5.41) is 9.50. The molecule has 3 heteroatoms. The van der Waals surface area contributed by atoms with E-state index in [9.17, 15) is 9.50 Å². The van der Waals surface area contributed by atoms with Crippen LogP contribution in [0.4, 0.5) is 10.1 Å². The quantitative estimate of drug-likeness (QED) is 0.843. The third-order valence-electron chi connectivity index (χ3n) is 3.70. The zero-order chi connectivity index (χ0) is 14.0. The Bertz CT molecular complexity index is 427. The van der Waals surface area contributed by atoms with E-state index in [4.69, 9.17) is 0 Å². The summed E-state index contributed by atoms with van der Waals surface area (Å²) in [7, 11) is 0. The Balaban J connectivity index is 2.17. The fourth-order valence-corrected chi connectivity index (χ4v) is 2.30. The monoisotopic (exact) mass is 265 g/mol. The van der Waals surface area contributed by atoms with Crippen molar-refractivity contribution in [1.29, 1.82) is 0 Å². The molecule has 1 aliphatic carbocycles. The second-order valence-corrected chi connectivity index (χ2v) is 5.99. The molecule has 0 saturated heterocycles. The first kappa shape index (κ1) is 14.3. The van der Waals surface area contributed by atoms with Gasteiger partial charge in [-0.1, -0.05) is 19.9 Å². The molecule has 0 unspecified atom stereocenters. The predicted octanol–water partition coefficient (Wildman–Crippen LogP) is 3.89. The smallest absolute Gasteiger partial charge is 0.146 e. The van der Waals surface area contributed by atoms with Crippen LogP contribution in [0.3, 0.4) is 0 Å². The van der Waals surface area contributed by atoms with Crippen molar-refractivity contribution < 1.29 is 9.50 Å². The van der Waals surface area contributed by atoms with Crippen molar-refractivity contribution in [3.05, 3.63) is 29.6 Å². The number of halogens is 1. The minimum Gasteiger partial charge on any atom is -0.389 e. The van der Waals surface area contributed by atoms with Gasteiger partial charge >= 0.3 is 0 Å². The van der Waals surface area contributed by atoms with Crippen molar-refractivity contribution in [2.45, 2.75) is 52.2 Å². The van der Waals surface area contributed by atoms with Gasteiger partial charge in [0.2, 0.25) is 0 Å². The molecule has 0 spiro atoms. The first-order valence-electron chi connectivity index (χ1n) is 7.23. The van der Waals surface area contributed by atoms with Crippen LogP contribution in [0, 0.1) is 11.7 Å². The molecule has 1 N–H and O–H groups in total. The number of rotatable bonds is 6. The molecule has 0 aliphatic heterocycles. The molecular formula is C16H24FNO. The highest BCUT2D eigenvalue weighted by atomic mass is 19.1. The third-order valence-corrected chi connectivity index (χ3v) is 3.70. The summed E-state index contributed by atoms with van der Waals surface area (Å²) in [6.45, 7) is 6.95. The minimum atomic E-state index is -0.617. The fourth-order valence-electron chi connectivity index (χ4n) is 2.30. The SMILES string of the molecule is CC(C)CCN(c1ccc([C@@H](C)O)cc1F)C1CC1. The highest BCUT2D eigenvalue weighted by Crippen LogP contribution is 2.34. The Morgan fingerprint density at radius 1 is 1.32 bits per heavy atom. The Morgan fingerprint density at radius 3 is 2.47 bits per heavy atom. The van der Waals surface area contributed by atoms with Crippen molar-refractivity contribution in [3.63, 3.8) is 0 Å². The molecule has 1 aromatic rings. The molecule has 1 saturated carbocycles. The second-order valence-electron chi connectivity index (χ2n) is 5.99. The van der Waals surface area contributed by atoms with Crippen LogP contribution in [-0.4, -0.2) is 17.7 Å². The maximum Gasteiger partial charge on any atom is 0.146 e. The molecule has 0 amide bonds. The van der Waals surface area contributed by atoms with Gasteiger partial charge in [0.1, 0.15) is 5.82 Å². The Hall–Kier alpha value is -1.09. The summed E-state index contributed by atoms with van der Waals surface area (Å²) in [6, 6.07) is 5.61. The van der Waals surface area contributed by atoms with E-state index < -0.39 is 6.10 Å². The van der Waals surface area contributed by atoms with Crippen LogP contribution in [0.5, 0.6) is 0 Å². The summed E-state index contributed by atoms with van der Waals surface area (Å²) in [6.07, 6.45) is 2.79. The predicted molar refractivity (Wildman–Crippen MR) is 76.9 cm³/mol. The molecular weight excluding hydrogens is 241 g/mol. The topological polar surface area (TPSA) is 23.5 Å². The first-order chi connectivity index (χ1) is 8.99. The van der Waals surface area contributed by atoms with E-state index >= 15 is 0 Å². The molecule has 0 heterocycles. The lowest BCUT2D eigenvalue weighted by atomic mass is 10.1. The molecule has 1 atom stereocenters. The Kier molecular flexibility index (Phi) is 4.46. The van der Waals surface area contributed by atoms with E-state index in [0.717, 1.165) is 25.8 Å². The van der Waals surface area contributed by atoms with Crippen molar-refractivity contribution in [2.75, 3.05) is 11.4 Å². The number of aliphatic hydroxyl groups is 1. The number of anilines is 1. The largest absolute Gasteiger partial charge is 0.389 e. The highest BCUT2D eigenvalue weighted by molar-refractivity contribution is 5.51. The van der Waals surface area contributed by atoms with Crippen molar-refractivity contribution in [2.24, 2.45) is 5.92 Å². The van der Waals surface area contributed by atoms with Crippen molar-refractivity contribution in [1.82, 2.24) is 0 Å². The number of nitrogens with zero attached hydrogens (tertiary/aromatic N) is 1. The third kappa shape index (κ3) is 3.69. The number of benzene rings is 1. The van der Waals surface area contributed by atoms with Gasteiger partial charge < -0.3 is 10.0 Å². The van der Waals surface area contributed by atoms with Gasteiger partial charge in [-0.15, -0.1) is 0 Å². The maximum absolute atomic E-state index is 14.2. The average molecular weight is 265 g/mol. The van der Waals surface area contributed by atoms with Crippen LogP contribution in [0.1, 0.15) is 51.7 Å². The van der Waals surface area contributed by atoms with E-state index in [1.165, 1.54) is 6.07 Å². The molecule has 2 nitrogen and oxygen atoms in total. The zero-order valence-corrected chi connectivity index (χ0v) is 12.1. The van der Waals surface area contributed by atoms with Crippen molar-refractivity contribution in [3.8, 4) is 0 Å². The average Bonchev–Trinajstić information content (AvgIpc) is 3.14. The van der Waals surface area contributed by atoms with Gasteiger partial charge in [-0.25, -0.2) is 4.39 Å². The van der Waals surface area contributed by atoms with Gasteiger partial charge in [-0.05, 0) is 49.8 Å². The van der Waals surface area contributed by atoms with Crippen LogP contribution in [0.25, 0.3) is 0 Å². The van der Waals surface area contributed by atoms with Gasteiger partial charge in [0, 0.05) is 12.6 Å². The highest BCUT2D eigenvalue weighted by Gasteiger charge is 2.30. The van der Waals surface area contributed by atoms with Gasteiger partial charge in [0.15, 0.2) is 0 Å². The number of hydrogen-bond acceptors (Lipinski definition) is 2. The second kappa shape index (κ2) is 5.91. The van der Waals surface area contributed by atoms with Gasteiger partial charge in [-0.2, -0.15) is 0 Å². The van der Waals surface area contributed by atoms with E-state index in [1.807, 2.05) is 12.1 Å². The van der Waals surface area contributed by atoms with E-state index in [2.05, 4.69) is 18.7 Å². The molecule has 19 heavy (non-hydrogen) atoms. The maximum atomic E-state index is 14.2. The molecule has 0 radical (unpaired) electrons. The van der Waals surface area contributed by atoms with E-state index in [1.54, 1.807) is 6.92 Å². The molecule has 1 aliphatic rings. The molecule has 1 fully saturated rings. The lowest BCUT2D eigenvalue weighted by molar-refractivity contribution is 0.199. The van der Waals surface area contributed by atoms with Gasteiger partial charge in [0.05, 0.1) is 11.8 Å². The van der Waals surface area contributed by atoms with Crippen LogP contribution in [0.15, 0.2) is 18.2 Å². The standard InChI is InChI=1S/C16H24FNO/c1-11(2)8-9-18(14-5-6-14)16-7-4-13(12(3)19)10-15(16)17/h4,7,10-12,14,19H,5-6,8-9H2,1-3H3/t12-/m1/s1. The van der Waals surface area contributed by atoms with Crippen molar-refractivity contribution >= 4 is 5.69 Å². The minimum absolute atomic E-state index is 0.214. The summed E-state index contributed by atoms with van der Waals surface area (Å²) in [4.78, 5) is 2.20. The summed E-state index contributed by atoms with van der Waals surface area (Å²) in [5.74, 6) is 0.412. The Morgan fingerprint density at radius 2 is 2.00 bits per heavy atom. The van der Waals surface area contributed by atoms with Gasteiger partial charge in [-0.3, -0.25) is 0 Å². The summed E-state index contributed by atoms with van der Waals surface area (Å²) >= 11 is 0. The molecule has 0 aromatic heterocycles. The van der Waals surface area contributed by atoms with E-state index in [0.29, 0.717) is 23.2 Å². The summed E-state index contributed by atoms with van der Waals surface area (Å²) < 4.78 is 14.2. The molecule has 0 bridgehead atoms. The van der Waals surface area contributed by atoms with Gasteiger partial charge in [0.25, 0.3) is 0 Å². The summed E-state index contributed by atoms with van der Waals surface area (Å²) in [5.41, 5.74) is 1.33. The fraction of sp³-hybridized carbons (Fsp3) is 0.625. The lowest BCUT2D eigenvalue weighted by Gasteiger charge is -2.26. The van der Waals surface area contributed by atoms with Crippen LogP contribution >= 0.6 is 0 Å². The normalized spacial score (nSPS) is 16.7. The lowest BCUT2D eigenvalue weighted by Crippen LogP contribution is -2.28. The Labute approximate surface area is 115 Å². The molecule has 2 rings (SSSR count). The molecule has 1 aromatic carbocycles. The van der Waals surface area contributed by atoms with E-state index in [-0.39, 0.29) is 5.82 Å². The van der Waals surface area contributed by atoms with Crippen LogP contribution < -0.4 is 4.90 Å². The number of hydrogen-bond donors (Lipinski definition) is 1. The van der Waals surface area contributed by atoms with Crippen LogP contribution in [-0.2, 0) is 0 Å². The zero-order valence-electron chi connectivity index (χ0n) is 12.1. The number of aliphatic hydroxyl groups excluding tert-OH is 1. The molecule has 106 valence electrons. The van der Waals surface area contributed by atoms with Crippen LogP contribution in [0.2, 0.25) is 0 Å².